The number of nitrogens with one attached hydrogen (secondary N) is 1. The normalized spacial score (nSPS) is 17.4. The summed E-state index contributed by atoms with van der Waals surface area (Å²) in [6, 6.07) is 0.256. The molecule has 0 aliphatic carbocycles. The molecule has 0 spiro atoms. The molecule has 0 fully saturated rings. The van der Waals surface area contributed by atoms with Crippen LogP contribution in [0.5, 0.6) is 0 Å². The molecule has 0 saturated heterocycles. The molecular formula is C13H27NO3. The molecule has 4 nitrogen and oxygen atoms in total. The van der Waals surface area contributed by atoms with Crippen molar-refractivity contribution in [2.75, 3.05) is 14.2 Å². The van der Waals surface area contributed by atoms with Crippen molar-refractivity contribution in [2.45, 2.75) is 64.6 Å². The van der Waals surface area contributed by atoms with Gasteiger partial charge in [0.05, 0.1) is 12.7 Å². The van der Waals surface area contributed by atoms with Crippen LogP contribution in [-0.2, 0) is 14.3 Å². The van der Waals surface area contributed by atoms with Crippen LogP contribution in [0.1, 0.15) is 47.5 Å². The predicted molar refractivity (Wildman–Crippen MR) is 69.0 cm³/mol. The number of hydrogen-bond donors (Lipinski definition) is 1. The fourth-order valence-electron chi connectivity index (χ4n) is 1.98. The highest BCUT2D eigenvalue weighted by Gasteiger charge is 2.40. The van der Waals surface area contributed by atoms with Crippen LogP contribution in [0.2, 0.25) is 0 Å². The third-order valence-electron chi connectivity index (χ3n) is 3.15. The van der Waals surface area contributed by atoms with Crippen molar-refractivity contribution >= 4 is 5.97 Å². The van der Waals surface area contributed by atoms with E-state index in [1.54, 1.807) is 7.11 Å². The molecule has 0 bridgehead atoms. The molecule has 0 saturated carbocycles. The molecule has 0 radical (unpaired) electrons. The zero-order valence-corrected chi connectivity index (χ0v) is 12.2. The van der Waals surface area contributed by atoms with E-state index in [9.17, 15) is 4.79 Å². The lowest BCUT2D eigenvalue weighted by molar-refractivity contribution is -0.151. The minimum absolute atomic E-state index is 0.247. The van der Waals surface area contributed by atoms with Gasteiger partial charge < -0.3 is 9.47 Å². The maximum absolute atomic E-state index is 11.9. The Morgan fingerprint density at radius 1 is 1.29 bits per heavy atom. The smallest absolute Gasteiger partial charge is 0.325 e. The summed E-state index contributed by atoms with van der Waals surface area (Å²) in [5.74, 6) is -0.247. The first-order valence-corrected chi connectivity index (χ1v) is 6.12. The first kappa shape index (κ1) is 16.4. The second-order valence-electron chi connectivity index (χ2n) is 5.42. The predicted octanol–water partition coefficient (Wildman–Crippen LogP) is 2.12. The zero-order chi connectivity index (χ0) is 13.7. The molecule has 17 heavy (non-hydrogen) atoms. The third-order valence-corrected chi connectivity index (χ3v) is 3.15. The van der Waals surface area contributed by atoms with Crippen LogP contribution in [0, 0.1) is 0 Å². The number of carbonyl (C=O) groups is 1. The molecule has 4 heteroatoms. The van der Waals surface area contributed by atoms with Crippen LogP contribution in [0.3, 0.4) is 0 Å². The van der Waals surface area contributed by atoms with Gasteiger partial charge in [0.2, 0.25) is 0 Å². The first-order valence-electron chi connectivity index (χ1n) is 6.12. The molecule has 0 aliphatic heterocycles. The Labute approximate surface area is 105 Å². The number of ether oxygens (including phenoxy) is 2. The van der Waals surface area contributed by atoms with Gasteiger partial charge in [-0.15, -0.1) is 0 Å². The van der Waals surface area contributed by atoms with Crippen molar-refractivity contribution in [3.63, 3.8) is 0 Å². The molecular weight excluding hydrogens is 218 g/mol. The maximum Gasteiger partial charge on any atom is 0.325 e. The summed E-state index contributed by atoms with van der Waals surface area (Å²) in [5, 5.41) is 3.33. The van der Waals surface area contributed by atoms with Crippen LogP contribution < -0.4 is 5.32 Å². The number of methoxy groups -OCH3 is 2. The molecule has 2 unspecified atom stereocenters. The largest absolute Gasteiger partial charge is 0.468 e. The van der Waals surface area contributed by atoms with Crippen molar-refractivity contribution in [2.24, 2.45) is 0 Å². The van der Waals surface area contributed by atoms with Crippen molar-refractivity contribution in [1.29, 1.82) is 0 Å². The van der Waals surface area contributed by atoms with E-state index < -0.39 is 5.54 Å². The van der Waals surface area contributed by atoms with E-state index in [0.29, 0.717) is 6.42 Å². The molecule has 0 aromatic heterocycles. The lowest BCUT2D eigenvalue weighted by Crippen LogP contribution is -2.56. The molecule has 0 rings (SSSR count). The van der Waals surface area contributed by atoms with Gasteiger partial charge in [-0.1, -0.05) is 6.92 Å². The average Bonchev–Trinajstić information content (AvgIpc) is 2.26. The molecule has 1 N–H and O–H groups in total. The fourth-order valence-corrected chi connectivity index (χ4v) is 1.98. The quantitative estimate of drug-likeness (QED) is 0.698. The van der Waals surface area contributed by atoms with Crippen molar-refractivity contribution in [1.82, 2.24) is 5.32 Å². The zero-order valence-electron chi connectivity index (χ0n) is 12.2. The van der Waals surface area contributed by atoms with Crippen LogP contribution in [0.25, 0.3) is 0 Å². The van der Waals surface area contributed by atoms with Crippen LogP contribution in [0.15, 0.2) is 0 Å². The molecule has 0 aromatic rings. The van der Waals surface area contributed by atoms with Gasteiger partial charge in [0, 0.05) is 19.6 Å². The van der Waals surface area contributed by atoms with E-state index in [4.69, 9.17) is 9.47 Å². The maximum atomic E-state index is 11.9. The summed E-state index contributed by atoms with van der Waals surface area (Å²) in [4.78, 5) is 11.9. The van der Waals surface area contributed by atoms with E-state index in [2.05, 4.69) is 19.2 Å². The van der Waals surface area contributed by atoms with Gasteiger partial charge in [0.25, 0.3) is 0 Å². The van der Waals surface area contributed by atoms with E-state index in [-0.39, 0.29) is 17.6 Å². The highest BCUT2D eigenvalue weighted by atomic mass is 16.5. The monoisotopic (exact) mass is 245 g/mol. The van der Waals surface area contributed by atoms with Gasteiger partial charge >= 0.3 is 5.97 Å². The van der Waals surface area contributed by atoms with Crippen molar-refractivity contribution in [3.8, 4) is 0 Å². The van der Waals surface area contributed by atoms with E-state index in [0.717, 1.165) is 6.42 Å². The summed E-state index contributed by atoms with van der Waals surface area (Å²) < 4.78 is 10.3. The summed E-state index contributed by atoms with van der Waals surface area (Å²) in [5.41, 5.74) is -1.09. The highest BCUT2D eigenvalue weighted by Crippen LogP contribution is 2.25. The van der Waals surface area contributed by atoms with E-state index in [1.165, 1.54) is 7.11 Å². The first-order chi connectivity index (χ1) is 7.70. The Morgan fingerprint density at radius 3 is 2.18 bits per heavy atom. The van der Waals surface area contributed by atoms with Crippen LogP contribution in [-0.4, -0.2) is 37.4 Å². The average molecular weight is 245 g/mol. The van der Waals surface area contributed by atoms with Gasteiger partial charge in [0.15, 0.2) is 0 Å². The number of esters is 1. The van der Waals surface area contributed by atoms with E-state index in [1.807, 2.05) is 20.8 Å². The van der Waals surface area contributed by atoms with E-state index >= 15 is 0 Å². The molecule has 0 amide bonds. The standard InChI is InChI=1S/C13H27NO3/c1-8-10(2)14-13(5,11(15)16-6)9-12(3,4)17-7/h10,14H,8-9H2,1-7H3. The van der Waals surface area contributed by atoms with Gasteiger partial charge in [-0.2, -0.15) is 0 Å². The molecule has 0 aromatic carbocycles. The highest BCUT2D eigenvalue weighted by molar-refractivity contribution is 5.80. The second kappa shape index (κ2) is 6.36. The Kier molecular flexibility index (Phi) is 6.13. The summed E-state index contributed by atoms with van der Waals surface area (Å²) in [7, 11) is 3.07. The third kappa shape index (κ3) is 5.04. The molecule has 0 aliphatic rings. The number of hydrogen-bond acceptors (Lipinski definition) is 4. The number of carbonyl (C=O) groups excluding carboxylic acids is 1. The van der Waals surface area contributed by atoms with Crippen LogP contribution >= 0.6 is 0 Å². The van der Waals surface area contributed by atoms with Crippen molar-refractivity contribution in [3.05, 3.63) is 0 Å². The summed E-state index contributed by atoms with van der Waals surface area (Å²) in [6.07, 6.45) is 1.52. The van der Waals surface area contributed by atoms with Gasteiger partial charge in [-0.05, 0) is 34.1 Å². The Hall–Kier alpha value is -0.610. The van der Waals surface area contributed by atoms with Gasteiger partial charge in [-0.25, -0.2) is 0 Å². The Bertz CT molecular complexity index is 253. The SMILES string of the molecule is CCC(C)NC(C)(CC(C)(C)OC)C(=O)OC. The Morgan fingerprint density at radius 2 is 1.82 bits per heavy atom. The summed E-state index contributed by atoms with van der Waals surface area (Å²) >= 11 is 0. The van der Waals surface area contributed by atoms with Crippen molar-refractivity contribution < 1.29 is 14.3 Å². The minimum atomic E-state index is -0.719. The number of rotatable bonds is 7. The van der Waals surface area contributed by atoms with Gasteiger partial charge in [-0.3, -0.25) is 10.1 Å². The fraction of sp³-hybridized carbons (Fsp3) is 0.923. The molecule has 102 valence electrons. The summed E-state index contributed by atoms with van der Waals surface area (Å²) in [6.45, 7) is 9.93. The molecule has 2 atom stereocenters. The van der Waals surface area contributed by atoms with Gasteiger partial charge in [0.1, 0.15) is 5.54 Å². The Balaban J connectivity index is 4.91. The second-order valence-corrected chi connectivity index (χ2v) is 5.42. The topological polar surface area (TPSA) is 47.6 Å². The molecule has 0 heterocycles. The lowest BCUT2D eigenvalue weighted by atomic mass is 9.86. The van der Waals surface area contributed by atoms with Crippen LogP contribution in [0.4, 0.5) is 0 Å². The lowest BCUT2D eigenvalue weighted by Gasteiger charge is -2.37. The minimum Gasteiger partial charge on any atom is -0.468 e.